The number of hydrogen-bond donors (Lipinski definition) is 2. The molecule has 19 heavy (non-hydrogen) atoms. The van der Waals surface area contributed by atoms with Gasteiger partial charge in [0.1, 0.15) is 6.04 Å². The summed E-state index contributed by atoms with van der Waals surface area (Å²) >= 11 is 0. The first-order chi connectivity index (χ1) is 9.08. The van der Waals surface area contributed by atoms with E-state index >= 15 is 0 Å². The molecule has 108 valence electrons. The highest BCUT2D eigenvalue weighted by Gasteiger charge is 2.38. The molecule has 2 heterocycles. The number of amides is 1. The zero-order valence-corrected chi connectivity index (χ0v) is 11.0. The van der Waals surface area contributed by atoms with Crippen LogP contribution < -0.4 is 0 Å². The van der Waals surface area contributed by atoms with E-state index in [0.717, 1.165) is 25.9 Å². The molecular formula is C13H21NO5. The fraction of sp³-hybridized carbons (Fsp3) is 0.846. The minimum atomic E-state index is -1.04. The van der Waals surface area contributed by atoms with Crippen LogP contribution in [-0.4, -0.2) is 58.4 Å². The van der Waals surface area contributed by atoms with Crippen LogP contribution in [0.2, 0.25) is 0 Å². The highest BCUT2D eigenvalue weighted by molar-refractivity contribution is 5.84. The lowest BCUT2D eigenvalue weighted by Crippen LogP contribution is -2.40. The topological polar surface area (TPSA) is 87.1 Å². The van der Waals surface area contributed by atoms with Crippen LogP contribution in [0.5, 0.6) is 0 Å². The molecule has 0 bridgehead atoms. The van der Waals surface area contributed by atoms with Gasteiger partial charge in [-0.15, -0.1) is 0 Å². The molecule has 6 nitrogen and oxygen atoms in total. The predicted octanol–water partition coefficient (Wildman–Crippen LogP) is 0.382. The van der Waals surface area contributed by atoms with Crippen molar-refractivity contribution >= 4 is 11.9 Å². The van der Waals surface area contributed by atoms with E-state index in [1.165, 1.54) is 4.90 Å². The summed E-state index contributed by atoms with van der Waals surface area (Å²) in [4.78, 5) is 24.4. The number of carboxylic acids is 1. The number of nitrogens with zero attached hydrogens (tertiary/aromatic N) is 1. The molecule has 0 aromatic rings. The summed E-state index contributed by atoms with van der Waals surface area (Å²) in [5.41, 5.74) is 0. The van der Waals surface area contributed by atoms with Crippen molar-refractivity contribution in [3.63, 3.8) is 0 Å². The van der Waals surface area contributed by atoms with Gasteiger partial charge < -0.3 is 19.8 Å². The van der Waals surface area contributed by atoms with Crippen molar-refractivity contribution in [3.8, 4) is 0 Å². The van der Waals surface area contributed by atoms with Crippen molar-refractivity contribution in [2.75, 3.05) is 13.2 Å². The van der Waals surface area contributed by atoms with Gasteiger partial charge in [0.15, 0.2) is 0 Å². The number of hydrogen-bond acceptors (Lipinski definition) is 4. The molecule has 0 saturated carbocycles. The summed E-state index contributed by atoms with van der Waals surface area (Å²) < 4.78 is 5.55. The predicted molar refractivity (Wildman–Crippen MR) is 66.6 cm³/mol. The molecular weight excluding hydrogens is 250 g/mol. The van der Waals surface area contributed by atoms with Gasteiger partial charge >= 0.3 is 5.97 Å². The van der Waals surface area contributed by atoms with E-state index in [1.807, 2.05) is 0 Å². The molecule has 1 amide bonds. The summed E-state index contributed by atoms with van der Waals surface area (Å²) in [6.45, 7) is 0.875. The van der Waals surface area contributed by atoms with Crippen LogP contribution in [-0.2, 0) is 14.3 Å². The van der Waals surface area contributed by atoms with Gasteiger partial charge in [-0.2, -0.15) is 0 Å². The molecule has 2 aliphatic rings. The maximum atomic E-state index is 12.0. The van der Waals surface area contributed by atoms with Gasteiger partial charge in [0, 0.05) is 26.0 Å². The number of carboxylic acid groups (broad SMARTS) is 1. The van der Waals surface area contributed by atoms with Crippen molar-refractivity contribution in [2.24, 2.45) is 0 Å². The molecule has 0 spiro atoms. The normalized spacial score (nSPS) is 31.4. The van der Waals surface area contributed by atoms with Crippen LogP contribution in [0.4, 0.5) is 0 Å². The number of likely N-dealkylation sites (tertiary alicyclic amines) is 1. The maximum Gasteiger partial charge on any atom is 0.326 e. The average molecular weight is 271 g/mol. The molecule has 2 saturated heterocycles. The molecule has 2 aliphatic heterocycles. The smallest absolute Gasteiger partial charge is 0.326 e. The van der Waals surface area contributed by atoms with Crippen LogP contribution in [0.3, 0.4) is 0 Å². The van der Waals surface area contributed by atoms with Gasteiger partial charge in [0.2, 0.25) is 5.91 Å². The Labute approximate surface area is 112 Å². The molecule has 3 unspecified atom stereocenters. The van der Waals surface area contributed by atoms with E-state index in [4.69, 9.17) is 9.84 Å². The zero-order valence-electron chi connectivity index (χ0n) is 11.0. The van der Waals surface area contributed by atoms with E-state index in [-0.39, 0.29) is 25.0 Å². The number of aliphatic hydroxyl groups is 1. The fourth-order valence-electron chi connectivity index (χ4n) is 2.79. The lowest BCUT2D eigenvalue weighted by Gasteiger charge is -2.25. The molecule has 0 aromatic heterocycles. The summed E-state index contributed by atoms with van der Waals surface area (Å²) in [7, 11) is 0. The van der Waals surface area contributed by atoms with Crippen LogP contribution in [0, 0.1) is 0 Å². The van der Waals surface area contributed by atoms with E-state index in [2.05, 4.69) is 0 Å². The SMILES string of the molecule is O=C(O)C1CC(O)CN1C(=O)CCC1CCCCO1. The second kappa shape index (κ2) is 6.34. The van der Waals surface area contributed by atoms with Gasteiger partial charge in [-0.25, -0.2) is 4.79 Å². The maximum absolute atomic E-state index is 12.0. The van der Waals surface area contributed by atoms with Crippen LogP contribution in [0.1, 0.15) is 38.5 Å². The van der Waals surface area contributed by atoms with Crippen molar-refractivity contribution in [1.29, 1.82) is 0 Å². The van der Waals surface area contributed by atoms with E-state index in [0.29, 0.717) is 12.8 Å². The van der Waals surface area contributed by atoms with Gasteiger partial charge in [-0.3, -0.25) is 4.79 Å². The summed E-state index contributed by atoms with van der Waals surface area (Å²) in [6.07, 6.45) is 3.62. The molecule has 0 aromatic carbocycles. The molecule has 6 heteroatoms. The van der Waals surface area contributed by atoms with Crippen molar-refractivity contribution in [1.82, 2.24) is 4.90 Å². The number of carbonyl (C=O) groups is 2. The van der Waals surface area contributed by atoms with Crippen LogP contribution >= 0.6 is 0 Å². The average Bonchev–Trinajstić information content (AvgIpc) is 2.79. The van der Waals surface area contributed by atoms with Gasteiger partial charge in [-0.1, -0.05) is 0 Å². The van der Waals surface area contributed by atoms with Gasteiger partial charge in [-0.05, 0) is 25.7 Å². The monoisotopic (exact) mass is 271 g/mol. The second-order valence-electron chi connectivity index (χ2n) is 5.32. The largest absolute Gasteiger partial charge is 0.480 e. The quantitative estimate of drug-likeness (QED) is 0.772. The molecule has 0 radical (unpaired) electrons. The number of carbonyl (C=O) groups excluding carboxylic acids is 1. The Morgan fingerprint density at radius 1 is 1.32 bits per heavy atom. The third-order valence-electron chi connectivity index (χ3n) is 3.84. The van der Waals surface area contributed by atoms with E-state index < -0.39 is 18.1 Å². The Hall–Kier alpha value is -1.14. The Morgan fingerprint density at radius 2 is 2.11 bits per heavy atom. The Kier molecular flexibility index (Phi) is 4.76. The lowest BCUT2D eigenvalue weighted by atomic mass is 10.0. The number of ether oxygens (including phenoxy) is 1. The lowest BCUT2D eigenvalue weighted by molar-refractivity contribution is -0.148. The summed E-state index contributed by atoms with van der Waals surface area (Å²) in [5, 5.41) is 18.5. The first kappa shape index (κ1) is 14.3. The highest BCUT2D eigenvalue weighted by Crippen LogP contribution is 2.22. The van der Waals surface area contributed by atoms with Crippen molar-refractivity contribution in [3.05, 3.63) is 0 Å². The second-order valence-corrected chi connectivity index (χ2v) is 5.32. The summed E-state index contributed by atoms with van der Waals surface area (Å²) in [5.74, 6) is -1.24. The Bertz CT molecular complexity index is 340. The number of aliphatic hydroxyl groups excluding tert-OH is 1. The van der Waals surface area contributed by atoms with Crippen molar-refractivity contribution < 1.29 is 24.5 Å². The first-order valence-electron chi connectivity index (χ1n) is 6.90. The highest BCUT2D eigenvalue weighted by atomic mass is 16.5. The summed E-state index contributed by atoms with van der Waals surface area (Å²) in [6, 6.07) is -0.880. The third-order valence-corrected chi connectivity index (χ3v) is 3.84. The third kappa shape index (κ3) is 3.67. The molecule has 2 fully saturated rings. The Morgan fingerprint density at radius 3 is 2.74 bits per heavy atom. The van der Waals surface area contributed by atoms with Gasteiger partial charge in [0.25, 0.3) is 0 Å². The first-order valence-corrected chi connectivity index (χ1v) is 6.90. The van der Waals surface area contributed by atoms with Crippen LogP contribution in [0.15, 0.2) is 0 Å². The standard InChI is InChI=1S/C13H21NO5/c15-9-7-11(13(17)18)14(8-9)12(16)5-4-10-3-1-2-6-19-10/h9-11,15H,1-8H2,(H,17,18). The fourth-order valence-corrected chi connectivity index (χ4v) is 2.79. The molecule has 2 rings (SSSR count). The van der Waals surface area contributed by atoms with E-state index in [9.17, 15) is 14.7 Å². The van der Waals surface area contributed by atoms with E-state index in [1.54, 1.807) is 0 Å². The molecule has 3 atom stereocenters. The van der Waals surface area contributed by atoms with Crippen LogP contribution in [0.25, 0.3) is 0 Å². The zero-order chi connectivity index (χ0) is 13.8. The number of aliphatic carboxylic acids is 1. The van der Waals surface area contributed by atoms with Crippen molar-refractivity contribution in [2.45, 2.75) is 56.8 Å². The molecule has 0 aliphatic carbocycles. The molecule has 2 N–H and O–H groups in total. The number of β-amino-alcohol motifs (C(OH)–C–C–N with tert-alkyl or cyclic N) is 1. The number of rotatable bonds is 4. The minimum absolute atomic E-state index is 0.119. The Balaban J connectivity index is 1.82. The van der Waals surface area contributed by atoms with Gasteiger partial charge in [0.05, 0.1) is 12.2 Å². The minimum Gasteiger partial charge on any atom is -0.480 e.